The number of aryl methyl sites for hydroxylation is 2. The third-order valence-corrected chi connectivity index (χ3v) is 3.23. The molecule has 0 bridgehead atoms. The van der Waals surface area contributed by atoms with Gasteiger partial charge in [-0.25, -0.2) is 0 Å². The topological polar surface area (TPSA) is 59.6 Å². The first-order chi connectivity index (χ1) is 8.18. The fourth-order valence-corrected chi connectivity index (χ4v) is 2.25. The molecule has 0 radical (unpaired) electrons. The number of aromatic nitrogens is 3. The highest BCUT2D eigenvalue weighted by molar-refractivity contribution is 5.90. The van der Waals surface area contributed by atoms with Gasteiger partial charge < -0.3 is 10.3 Å². The molecule has 4 heteroatoms. The standard InChI is InChI=1S/C13H14N4/c1-8-4-3-5-11-9(8)6-12(17(11)2)13-10(14)7-15-16-13/h3-7H,14H2,1-2H3,(H,15,16). The minimum atomic E-state index is 0.675. The van der Waals surface area contributed by atoms with E-state index in [2.05, 4.69) is 46.0 Å². The molecule has 0 aliphatic carbocycles. The molecule has 0 saturated heterocycles. The van der Waals surface area contributed by atoms with Crippen molar-refractivity contribution in [1.82, 2.24) is 14.8 Å². The van der Waals surface area contributed by atoms with Crippen molar-refractivity contribution in [2.75, 3.05) is 5.73 Å². The second-order valence-corrected chi connectivity index (χ2v) is 4.30. The van der Waals surface area contributed by atoms with E-state index in [4.69, 9.17) is 5.73 Å². The second-order valence-electron chi connectivity index (χ2n) is 4.30. The molecule has 17 heavy (non-hydrogen) atoms. The van der Waals surface area contributed by atoms with Crippen LogP contribution in [0.3, 0.4) is 0 Å². The van der Waals surface area contributed by atoms with Gasteiger partial charge in [-0.15, -0.1) is 0 Å². The number of nitrogens with one attached hydrogen (secondary N) is 1. The van der Waals surface area contributed by atoms with Crippen LogP contribution < -0.4 is 5.73 Å². The van der Waals surface area contributed by atoms with Gasteiger partial charge in [-0.3, -0.25) is 5.10 Å². The van der Waals surface area contributed by atoms with Crippen LogP contribution >= 0.6 is 0 Å². The molecule has 0 amide bonds. The average molecular weight is 226 g/mol. The number of aromatic amines is 1. The molecule has 0 fully saturated rings. The number of nitrogens with two attached hydrogens (primary N) is 1. The molecule has 3 aromatic rings. The molecule has 0 unspecified atom stereocenters. The van der Waals surface area contributed by atoms with E-state index in [0.29, 0.717) is 5.69 Å². The summed E-state index contributed by atoms with van der Waals surface area (Å²) >= 11 is 0. The van der Waals surface area contributed by atoms with Gasteiger partial charge >= 0.3 is 0 Å². The maximum atomic E-state index is 5.89. The summed E-state index contributed by atoms with van der Waals surface area (Å²) in [6, 6.07) is 8.44. The zero-order chi connectivity index (χ0) is 12.0. The molecule has 0 saturated carbocycles. The van der Waals surface area contributed by atoms with Gasteiger partial charge in [0.2, 0.25) is 0 Å². The molecule has 3 N–H and O–H groups in total. The lowest BCUT2D eigenvalue weighted by Gasteiger charge is -2.02. The van der Waals surface area contributed by atoms with Gasteiger partial charge in [-0.2, -0.15) is 5.10 Å². The molecule has 0 aliphatic rings. The molecule has 1 aromatic carbocycles. The number of nitrogen functional groups attached to an aromatic ring is 1. The zero-order valence-electron chi connectivity index (χ0n) is 9.86. The third-order valence-electron chi connectivity index (χ3n) is 3.23. The summed E-state index contributed by atoms with van der Waals surface area (Å²) in [7, 11) is 2.04. The SMILES string of the molecule is Cc1cccc2c1cc(-c1[nH]ncc1N)n2C. The Bertz CT molecular complexity index is 691. The molecule has 0 atom stereocenters. The summed E-state index contributed by atoms with van der Waals surface area (Å²) in [6.45, 7) is 2.11. The number of hydrogen-bond donors (Lipinski definition) is 2. The van der Waals surface area contributed by atoms with E-state index in [1.807, 2.05) is 7.05 Å². The van der Waals surface area contributed by atoms with E-state index in [1.54, 1.807) is 6.20 Å². The van der Waals surface area contributed by atoms with Crippen molar-refractivity contribution >= 4 is 16.6 Å². The molecular formula is C13H14N4. The van der Waals surface area contributed by atoms with Gasteiger partial charge in [-0.05, 0) is 24.6 Å². The summed E-state index contributed by atoms with van der Waals surface area (Å²) in [6.07, 6.45) is 1.64. The van der Waals surface area contributed by atoms with Crippen molar-refractivity contribution in [3.05, 3.63) is 36.0 Å². The number of hydrogen-bond acceptors (Lipinski definition) is 2. The van der Waals surface area contributed by atoms with Gasteiger partial charge in [0.1, 0.15) is 5.69 Å². The van der Waals surface area contributed by atoms with Gasteiger partial charge in [0.25, 0.3) is 0 Å². The Morgan fingerprint density at radius 1 is 1.35 bits per heavy atom. The van der Waals surface area contributed by atoms with Gasteiger partial charge in [-0.1, -0.05) is 12.1 Å². The lowest BCUT2D eigenvalue weighted by atomic mass is 10.1. The molecule has 4 nitrogen and oxygen atoms in total. The highest BCUT2D eigenvalue weighted by Crippen LogP contribution is 2.30. The quantitative estimate of drug-likeness (QED) is 0.669. The van der Waals surface area contributed by atoms with Crippen LogP contribution in [0.1, 0.15) is 5.56 Å². The lowest BCUT2D eigenvalue weighted by Crippen LogP contribution is -1.94. The number of H-pyrrole nitrogens is 1. The summed E-state index contributed by atoms with van der Waals surface area (Å²) < 4.78 is 2.13. The fraction of sp³-hybridized carbons (Fsp3) is 0.154. The highest BCUT2D eigenvalue weighted by atomic mass is 15.1. The normalized spacial score (nSPS) is 11.2. The monoisotopic (exact) mass is 226 g/mol. The maximum Gasteiger partial charge on any atom is 0.104 e. The average Bonchev–Trinajstić information content (AvgIpc) is 2.85. The predicted octanol–water partition coefficient (Wildman–Crippen LogP) is 2.46. The first kappa shape index (κ1) is 9.96. The van der Waals surface area contributed by atoms with E-state index in [1.165, 1.54) is 16.5 Å². The number of anilines is 1. The van der Waals surface area contributed by atoms with Crippen LogP contribution in [-0.4, -0.2) is 14.8 Å². The van der Waals surface area contributed by atoms with Crippen LogP contribution in [0.5, 0.6) is 0 Å². The lowest BCUT2D eigenvalue weighted by molar-refractivity contribution is 0.963. The number of benzene rings is 1. The van der Waals surface area contributed by atoms with Crippen LogP contribution in [0.25, 0.3) is 22.3 Å². The third kappa shape index (κ3) is 1.34. The highest BCUT2D eigenvalue weighted by Gasteiger charge is 2.12. The van der Waals surface area contributed by atoms with Crippen LogP contribution in [0, 0.1) is 6.92 Å². The van der Waals surface area contributed by atoms with Crippen LogP contribution in [-0.2, 0) is 7.05 Å². The largest absolute Gasteiger partial charge is 0.396 e. The van der Waals surface area contributed by atoms with Crippen molar-refractivity contribution in [2.45, 2.75) is 6.92 Å². The molecule has 0 aliphatic heterocycles. The Balaban J connectivity index is 2.36. The molecule has 2 heterocycles. The van der Waals surface area contributed by atoms with Crippen LogP contribution in [0.4, 0.5) is 5.69 Å². The Kier molecular flexibility index (Phi) is 1.98. The fourth-order valence-electron chi connectivity index (χ4n) is 2.25. The summed E-state index contributed by atoms with van der Waals surface area (Å²) in [5, 5.41) is 8.16. The predicted molar refractivity (Wildman–Crippen MR) is 69.7 cm³/mol. The first-order valence-electron chi connectivity index (χ1n) is 5.52. The molecule has 0 spiro atoms. The summed E-state index contributed by atoms with van der Waals surface area (Å²) in [4.78, 5) is 0. The van der Waals surface area contributed by atoms with Crippen molar-refractivity contribution in [2.24, 2.45) is 7.05 Å². The van der Waals surface area contributed by atoms with E-state index in [9.17, 15) is 0 Å². The van der Waals surface area contributed by atoms with Crippen molar-refractivity contribution in [1.29, 1.82) is 0 Å². The molecule has 3 rings (SSSR count). The Labute approximate surface area is 99.1 Å². The van der Waals surface area contributed by atoms with Gasteiger partial charge in [0, 0.05) is 18.0 Å². The molecular weight excluding hydrogens is 212 g/mol. The minimum absolute atomic E-state index is 0.675. The van der Waals surface area contributed by atoms with E-state index >= 15 is 0 Å². The Morgan fingerprint density at radius 2 is 2.18 bits per heavy atom. The Morgan fingerprint density at radius 3 is 2.82 bits per heavy atom. The zero-order valence-corrected chi connectivity index (χ0v) is 9.86. The van der Waals surface area contributed by atoms with E-state index < -0.39 is 0 Å². The second kappa shape index (κ2) is 3.38. The summed E-state index contributed by atoms with van der Waals surface area (Å²) in [5.41, 5.74) is 11.0. The van der Waals surface area contributed by atoms with Crippen molar-refractivity contribution < 1.29 is 0 Å². The first-order valence-corrected chi connectivity index (χ1v) is 5.52. The van der Waals surface area contributed by atoms with Crippen LogP contribution in [0.2, 0.25) is 0 Å². The Hall–Kier alpha value is -2.23. The number of nitrogens with zero attached hydrogens (tertiary/aromatic N) is 2. The smallest absolute Gasteiger partial charge is 0.104 e. The van der Waals surface area contributed by atoms with Crippen molar-refractivity contribution in [3.8, 4) is 11.4 Å². The number of fused-ring (bicyclic) bond motifs is 1. The van der Waals surface area contributed by atoms with E-state index in [0.717, 1.165) is 11.4 Å². The molecule has 2 aromatic heterocycles. The van der Waals surface area contributed by atoms with Crippen LogP contribution in [0.15, 0.2) is 30.5 Å². The number of rotatable bonds is 1. The van der Waals surface area contributed by atoms with Gasteiger partial charge in [0.15, 0.2) is 0 Å². The molecule has 86 valence electrons. The summed E-state index contributed by atoms with van der Waals surface area (Å²) in [5.74, 6) is 0. The minimum Gasteiger partial charge on any atom is -0.396 e. The van der Waals surface area contributed by atoms with E-state index in [-0.39, 0.29) is 0 Å². The van der Waals surface area contributed by atoms with Gasteiger partial charge in [0.05, 0.1) is 17.6 Å². The van der Waals surface area contributed by atoms with Crippen molar-refractivity contribution in [3.63, 3.8) is 0 Å². The maximum absolute atomic E-state index is 5.89.